The molecule has 3 aromatic heterocycles. The average Bonchev–Trinajstić information content (AvgIpc) is 3.09. The standard InChI is InChI=1S/C16H19N7O3S/c1-22-9-14(18-10-22)27(25,26)23-6-4-12(5-7-23)19-16-17-8-11-2-3-13(24)20-15(11)21-16/h2-3,8-10,12H,4-7H2,1H3,(H2,17,19,20,21,24). The number of aromatic nitrogens is 5. The van der Waals surface area contributed by atoms with E-state index < -0.39 is 10.0 Å². The number of sulfonamides is 1. The summed E-state index contributed by atoms with van der Waals surface area (Å²) in [6, 6.07) is 3.14. The number of fused-ring (bicyclic) bond motifs is 1. The van der Waals surface area contributed by atoms with Crippen LogP contribution in [0.15, 0.2) is 40.7 Å². The van der Waals surface area contributed by atoms with Gasteiger partial charge in [-0.2, -0.15) is 9.29 Å². The number of anilines is 1. The molecule has 0 unspecified atom stereocenters. The van der Waals surface area contributed by atoms with Crippen LogP contribution < -0.4 is 10.9 Å². The van der Waals surface area contributed by atoms with E-state index in [0.29, 0.717) is 37.5 Å². The molecule has 142 valence electrons. The fourth-order valence-corrected chi connectivity index (χ4v) is 4.52. The van der Waals surface area contributed by atoms with Gasteiger partial charge >= 0.3 is 0 Å². The molecule has 1 aliphatic heterocycles. The Morgan fingerprint density at radius 2 is 2.00 bits per heavy atom. The molecule has 0 spiro atoms. The predicted molar refractivity (Wildman–Crippen MR) is 98.8 cm³/mol. The fraction of sp³-hybridized carbons (Fsp3) is 0.375. The van der Waals surface area contributed by atoms with Gasteiger partial charge in [0.1, 0.15) is 5.65 Å². The van der Waals surface area contributed by atoms with Crippen molar-refractivity contribution in [1.29, 1.82) is 0 Å². The van der Waals surface area contributed by atoms with Crippen LogP contribution in [0.5, 0.6) is 0 Å². The van der Waals surface area contributed by atoms with E-state index >= 15 is 0 Å². The molecule has 1 saturated heterocycles. The third-order valence-corrected chi connectivity index (χ3v) is 6.33. The van der Waals surface area contributed by atoms with Crippen LogP contribution in [0.25, 0.3) is 11.0 Å². The van der Waals surface area contributed by atoms with Gasteiger partial charge in [0.05, 0.1) is 6.33 Å². The second kappa shape index (κ2) is 6.74. The molecule has 3 aromatic rings. The molecule has 2 N–H and O–H groups in total. The van der Waals surface area contributed by atoms with E-state index in [4.69, 9.17) is 0 Å². The summed E-state index contributed by atoms with van der Waals surface area (Å²) in [7, 11) is -1.83. The minimum absolute atomic E-state index is 0.0491. The highest BCUT2D eigenvalue weighted by Crippen LogP contribution is 2.21. The van der Waals surface area contributed by atoms with Crippen LogP contribution in [0.3, 0.4) is 0 Å². The number of pyridine rings is 1. The highest BCUT2D eigenvalue weighted by Gasteiger charge is 2.31. The molecule has 0 saturated carbocycles. The molecule has 0 aliphatic carbocycles. The maximum Gasteiger partial charge on any atom is 0.262 e. The van der Waals surface area contributed by atoms with Crippen molar-refractivity contribution >= 4 is 27.0 Å². The molecule has 0 radical (unpaired) electrons. The van der Waals surface area contributed by atoms with E-state index in [0.717, 1.165) is 5.39 Å². The molecule has 10 nitrogen and oxygen atoms in total. The summed E-state index contributed by atoms with van der Waals surface area (Å²) in [4.78, 5) is 26.6. The van der Waals surface area contributed by atoms with Crippen LogP contribution in [-0.2, 0) is 17.1 Å². The monoisotopic (exact) mass is 389 g/mol. The van der Waals surface area contributed by atoms with Crippen LogP contribution in [0.1, 0.15) is 12.8 Å². The summed E-state index contributed by atoms with van der Waals surface area (Å²) < 4.78 is 28.3. The first-order valence-electron chi connectivity index (χ1n) is 8.52. The van der Waals surface area contributed by atoms with Crippen molar-refractivity contribution in [2.24, 2.45) is 7.05 Å². The Kier molecular flexibility index (Phi) is 4.40. The Hall–Kier alpha value is -2.79. The third-order valence-electron chi connectivity index (χ3n) is 4.55. The van der Waals surface area contributed by atoms with E-state index in [1.165, 1.54) is 22.9 Å². The number of nitrogens with one attached hydrogen (secondary N) is 2. The highest BCUT2D eigenvalue weighted by atomic mass is 32.2. The second-order valence-electron chi connectivity index (χ2n) is 6.52. The Labute approximate surface area is 155 Å². The van der Waals surface area contributed by atoms with Crippen LogP contribution >= 0.6 is 0 Å². The van der Waals surface area contributed by atoms with E-state index in [1.807, 2.05) is 0 Å². The first-order chi connectivity index (χ1) is 12.9. The Balaban J connectivity index is 1.43. The van der Waals surface area contributed by atoms with Gasteiger partial charge in [-0.1, -0.05) is 0 Å². The summed E-state index contributed by atoms with van der Waals surface area (Å²) in [5.74, 6) is 0.412. The lowest BCUT2D eigenvalue weighted by Crippen LogP contribution is -2.42. The molecule has 0 amide bonds. The van der Waals surface area contributed by atoms with Crippen LogP contribution in [0, 0.1) is 0 Å². The minimum atomic E-state index is -3.57. The molecule has 1 fully saturated rings. The van der Waals surface area contributed by atoms with Gasteiger partial charge in [0.2, 0.25) is 11.5 Å². The molecule has 0 bridgehead atoms. The quantitative estimate of drug-likeness (QED) is 0.658. The Morgan fingerprint density at radius 3 is 2.70 bits per heavy atom. The van der Waals surface area contributed by atoms with Gasteiger partial charge in [-0.05, 0) is 18.9 Å². The third kappa shape index (κ3) is 3.55. The normalized spacial score (nSPS) is 16.6. The Bertz CT molecular complexity index is 1130. The smallest absolute Gasteiger partial charge is 0.262 e. The molecule has 27 heavy (non-hydrogen) atoms. The summed E-state index contributed by atoms with van der Waals surface area (Å²) in [5.41, 5.74) is 0.246. The van der Waals surface area contributed by atoms with Crippen molar-refractivity contribution in [2.75, 3.05) is 18.4 Å². The van der Waals surface area contributed by atoms with Gasteiger partial charge in [0.25, 0.3) is 10.0 Å². The van der Waals surface area contributed by atoms with Crippen LogP contribution in [-0.4, -0.2) is 56.4 Å². The van der Waals surface area contributed by atoms with Crippen LogP contribution in [0.4, 0.5) is 5.95 Å². The number of hydrogen-bond donors (Lipinski definition) is 2. The van der Waals surface area contributed by atoms with Crippen molar-refractivity contribution < 1.29 is 8.42 Å². The zero-order valence-corrected chi connectivity index (χ0v) is 15.5. The molecule has 0 aromatic carbocycles. The molecular weight excluding hydrogens is 370 g/mol. The lowest BCUT2D eigenvalue weighted by Gasteiger charge is -2.31. The zero-order valence-electron chi connectivity index (χ0n) is 14.7. The Morgan fingerprint density at radius 1 is 1.22 bits per heavy atom. The number of H-pyrrole nitrogens is 1. The van der Waals surface area contributed by atoms with Crippen molar-refractivity contribution in [3.8, 4) is 0 Å². The summed E-state index contributed by atoms with van der Waals surface area (Å²) in [5, 5.41) is 4.04. The van der Waals surface area contributed by atoms with E-state index in [2.05, 4.69) is 25.3 Å². The van der Waals surface area contributed by atoms with Crippen molar-refractivity contribution in [3.63, 3.8) is 0 Å². The number of aromatic amines is 1. The maximum atomic E-state index is 12.6. The number of rotatable bonds is 4. The van der Waals surface area contributed by atoms with Crippen molar-refractivity contribution in [3.05, 3.63) is 41.2 Å². The van der Waals surface area contributed by atoms with E-state index in [-0.39, 0.29) is 16.6 Å². The summed E-state index contributed by atoms with van der Waals surface area (Å²) in [6.45, 7) is 0.780. The SMILES string of the molecule is Cn1cnc(S(=O)(=O)N2CCC(Nc3ncc4ccc(=O)[nH]c4n3)CC2)c1. The molecule has 11 heteroatoms. The largest absolute Gasteiger partial charge is 0.351 e. The van der Waals surface area contributed by atoms with Gasteiger partial charge in [0.15, 0.2) is 5.03 Å². The average molecular weight is 389 g/mol. The summed E-state index contributed by atoms with van der Waals surface area (Å²) >= 11 is 0. The number of piperidine rings is 1. The fourth-order valence-electron chi connectivity index (χ4n) is 3.08. The topological polar surface area (TPSA) is 126 Å². The zero-order chi connectivity index (χ0) is 19.0. The number of imidazole rings is 1. The lowest BCUT2D eigenvalue weighted by molar-refractivity contribution is 0.328. The molecule has 1 aliphatic rings. The van der Waals surface area contributed by atoms with Crippen LogP contribution in [0.2, 0.25) is 0 Å². The molecule has 4 heterocycles. The highest BCUT2D eigenvalue weighted by molar-refractivity contribution is 7.89. The molecular formula is C16H19N7O3S. The number of aryl methyl sites for hydroxylation is 1. The van der Waals surface area contributed by atoms with Gasteiger partial charge in [-0.3, -0.25) is 4.79 Å². The van der Waals surface area contributed by atoms with Gasteiger partial charge in [-0.25, -0.2) is 18.4 Å². The van der Waals surface area contributed by atoms with E-state index in [1.54, 1.807) is 23.9 Å². The van der Waals surface area contributed by atoms with Crippen molar-refractivity contribution in [1.82, 2.24) is 28.8 Å². The van der Waals surface area contributed by atoms with Crippen molar-refractivity contribution in [2.45, 2.75) is 23.9 Å². The number of nitrogens with zero attached hydrogens (tertiary/aromatic N) is 5. The second-order valence-corrected chi connectivity index (χ2v) is 8.41. The first kappa shape index (κ1) is 17.6. The van der Waals surface area contributed by atoms with Gasteiger partial charge < -0.3 is 14.9 Å². The predicted octanol–water partition coefficient (Wildman–Crippen LogP) is 0.317. The van der Waals surface area contributed by atoms with Gasteiger partial charge in [-0.15, -0.1) is 0 Å². The van der Waals surface area contributed by atoms with Gasteiger partial charge in [0, 0.05) is 50.0 Å². The molecule has 4 rings (SSSR count). The maximum absolute atomic E-state index is 12.6. The first-order valence-corrected chi connectivity index (χ1v) is 9.96. The minimum Gasteiger partial charge on any atom is -0.351 e. The molecule has 0 atom stereocenters. The number of hydrogen-bond acceptors (Lipinski definition) is 7. The summed E-state index contributed by atoms with van der Waals surface area (Å²) in [6.07, 6.45) is 5.87. The lowest BCUT2D eigenvalue weighted by atomic mass is 10.1. The van der Waals surface area contributed by atoms with E-state index in [9.17, 15) is 13.2 Å².